The van der Waals surface area contributed by atoms with Gasteiger partial charge in [-0.15, -0.1) is 0 Å². The Morgan fingerprint density at radius 3 is 2.60 bits per heavy atom. The van der Waals surface area contributed by atoms with Crippen LogP contribution >= 0.6 is 0 Å². The van der Waals surface area contributed by atoms with Crippen LogP contribution < -0.4 is 4.74 Å². The monoisotopic (exact) mass is 340 g/mol. The molecular weight excluding hydrogens is 320 g/mol. The molecule has 0 aliphatic carbocycles. The quantitative estimate of drug-likeness (QED) is 0.597. The summed E-state index contributed by atoms with van der Waals surface area (Å²) in [5, 5.41) is 1.86. The maximum atomic E-state index is 12.4. The molecule has 0 spiro atoms. The van der Waals surface area contributed by atoms with Crippen LogP contribution in [0.4, 0.5) is 0 Å². The summed E-state index contributed by atoms with van der Waals surface area (Å²) in [4.78, 5) is 36.6. The molecular formula is C20H20O5. The number of carbonyl (C=O) groups is 3. The highest BCUT2D eigenvalue weighted by Crippen LogP contribution is 2.27. The number of Topliss-reactive ketones (excluding diaryl/α,β-unsaturated/α-hetero) is 2. The van der Waals surface area contributed by atoms with Gasteiger partial charge < -0.3 is 9.47 Å². The number of fused-ring (bicyclic) bond motifs is 1. The molecule has 3 rings (SSSR count). The van der Waals surface area contributed by atoms with Crippen LogP contribution in [0.5, 0.6) is 5.75 Å². The average molecular weight is 340 g/mol. The molecule has 0 amide bonds. The Morgan fingerprint density at radius 1 is 1.12 bits per heavy atom. The first kappa shape index (κ1) is 17.1. The molecule has 0 bridgehead atoms. The summed E-state index contributed by atoms with van der Waals surface area (Å²) < 4.78 is 10.7. The van der Waals surface area contributed by atoms with Crippen LogP contribution in [0, 0.1) is 11.8 Å². The molecule has 1 fully saturated rings. The summed E-state index contributed by atoms with van der Waals surface area (Å²) in [5.41, 5.74) is 0. The number of hydrogen-bond acceptors (Lipinski definition) is 5. The molecule has 1 saturated heterocycles. The van der Waals surface area contributed by atoms with Crippen LogP contribution in [0.3, 0.4) is 0 Å². The molecule has 130 valence electrons. The first-order valence-corrected chi connectivity index (χ1v) is 8.35. The lowest BCUT2D eigenvalue weighted by Crippen LogP contribution is -2.32. The highest BCUT2D eigenvalue weighted by molar-refractivity contribution is 6.22. The number of esters is 1. The van der Waals surface area contributed by atoms with E-state index in [-0.39, 0.29) is 12.5 Å². The fourth-order valence-electron chi connectivity index (χ4n) is 3.00. The van der Waals surface area contributed by atoms with E-state index in [1.54, 1.807) is 6.07 Å². The molecule has 2 aromatic carbocycles. The number of benzene rings is 2. The van der Waals surface area contributed by atoms with Crippen LogP contribution in [0.25, 0.3) is 10.8 Å². The van der Waals surface area contributed by atoms with Gasteiger partial charge in [0.2, 0.25) is 0 Å². The third-order valence-electron chi connectivity index (χ3n) is 4.22. The summed E-state index contributed by atoms with van der Waals surface area (Å²) in [7, 11) is 0. The lowest BCUT2D eigenvalue weighted by atomic mass is 9.94. The molecule has 0 saturated carbocycles. The third kappa shape index (κ3) is 3.55. The van der Waals surface area contributed by atoms with Crippen molar-refractivity contribution in [2.75, 3.05) is 6.61 Å². The van der Waals surface area contributed by atoms with Crippen molar-refractivity contribution in [2.24, 2.45) is 11.8 Å². The Balaban J connectivity index is 1.70. The molecule has 0 radical (unpaired) electrons. The predicted molar refractivity (Wildman–Crippen MR) is 92.3 cm³/mol. The minimum Gasteiger partial charge on any atom is -0.485 e. The van der Waals surface area contributed by atoms with Crippen molar-refractivity contribution in [1.29, 1.82) is 0 Å². The molecule has 5 heteroatoms. The molecule has 0 aromatic heterocycles. The minimum atomic E-state index is -1.36. The highest BCUT2D eigenvalue weighted by atomic mass is 16.6. The van der Waals surface area contributed by atoms with Gasteiger partial charge in [0, 0.05) is 5.39 Å². The number of ether oxygens (including phenoxy) is 2. The molecule has 0 N–H and O–H groups in total. The number of rotatable bonds is 6. The fraction of sp³-hybridized carbons (Fsp3) is 0.350. The van der Waals surface area contributed by atoms with Gasteiger partial charge in [-0.1, -0.05) is 50.2 Å². The second-order valence-electron chi connectivity index (χ2n) is 6.62. The lowest BCUT2D eigenvalue weighted by molar-refractivity contribution is -0.147. The summed E-state index contributed by atoms with van der Waals surface area (Å²) >= 11 is 0. The summed E-state index contributed by atoms with van der Waals surface area (Å²) in [5.74, 6) is -2.40. The zero-order valence-electron chi connectivity index (χ0n) is 14.2. The number of carbonyl (C=O) groups excluding carboxylic acids is 3. The first-order chi connectivity index (χ1) is 12.0. The van der Waals surface area contributed by atoms with Crippen molar-refractivity contribution >= 4 is 28.3 Å². The third-order valence-corrected chi connectivity index (χ3v) is 4.22. The standard InChI is InChI=1S/C20H20O5/c1-12(2)10-17-19(22)18(20(23)25-17)15(21)11-24-16-9-5-7-13-6-3-4-8-14(13)16/h3-9,12,17-18H,10-11H2,1-2H3. The SMILES string of the molecule is CC(C)CC1OC(=O)C(C(=O)COc2cccc3ccccc23)C1=O. The molecule has 1 aliphatic rings. The van der Waals surface area contributed by atoms with E-state index in [1.807, 2.05) is 50.2 Å². The van der Waals surface area contributed by atoms with Crippen LogP contribution in [0.2, 0.25) is 0 Å². The molecule has 1 heterocycles. The van der Waals surface area contributed by atoms with Crippen LogP contribution in [0.1, 0.15) is 20.3 Å². The Labute approximate surface area is 145 Å². The average Bonchev–Trinajstić information content (AvgIpc) is 2.85. The van der Waals surface area contributed by atoms with Gasteiger partial charge in [-0.05, 0) is 23.8 Å². The Morgan fingerprint density at radius 2 is 1.84 bits per heavy atom. The van der Waals surface area contributed by atoms with Gasteiger partial charge in [-0.2, -0.15) is 0 Å². The van der Waals surface area contributed by atoms with Crippen molar-refractivity contribution in [3.63, 3.8) is 0 Å². The Hall–Kier alpha value is -2.69. The van der Waals surface area contributed by atoms with Gasteiger partial charge in [-0.3, -0.25) is 14.4 Å². The van der Waals surface area contributed by atoms with E-state index in [0.29, 0.717) is 12.2 Å². The largest absolute Gasteiger partial charge is 0.485 e. The predicted octanol–water partition coefficient (Wildman–Crippen LogP) is 2.94. The van der Waals surface area contributed by atoms with Gasteiger partial charge in [0.15, 0.2) is 23.6 Å². The van der Waals surface area contributed by atoms with Gasteiger partial charge >= 0.3 is 5.97 Å². The zero-order chi connectivity index (χ0) is 18.0. The van der Waals surface area contributed by atoms with Gasteiger partial charge in [0.1, 0.15) is 12.4 Å². The summed E-state index contributed by atoms with van der Waals surface area (Å²) in [6.07, 6.45) is -0.391. The zero-order valence-corrected chi connectivity index (χ0v) is 14.2. The van der Waals surface area contributed by atoms with E-state index in [1.165, 1.54) is 0 Å². The molecule has 1 aliphatic heterocycles. The number of ketones is 2. The Kier molecular flexibility index (Phi) is 4.83. The van der Waals surface area contributed by atoms with Gasteiger partial charge in [-0.25, -0.2) is 0 Å². The smallest absolute Gasteiger partial charge is 0.325 e. The molecule has 2 atom stereocenters. The molecule has 2 aromatic rings. The van der Waals surface area contributed by atoms with Gasteiger partial charge in [0.05, 0.1) is 0 Å². The molecule has 25 heavy (non-hydrogen) atoms. The maximum Gasteiger partial charge on any atom is 0.325 e. The van der Waals surface area contributed by atoms with E-state index in [4.69, 9.17) is 9.47 Å². The minimum absolute atomic E-state index is 0.197. The van der Waals surface area contributed by atoms with E-state index in [9.17, 15) is 14.4 Å². The fourth-order valence-corrected chi connectivity index (χ4v) is 3.00. The number of hydrogen-bond donors (Lipinski definition) is 0. The topological polar surface area (TPSA) is 69.7 Å². The molecule has 5 nitrogen and oxygen atoms in total. The second kappa shape index (κ2) is 7.05. The maximum absolute atomic E-state index is 12.4. The Bertz CT molecular complexity index is 818. The van der Waals surface area contributed by atoms with E-state index in [2.05, 4.69) is 0 Å². The van der Waals surface area contributed by atoms with Crippen molar-refractivity contribution in [3.05, 3.63) is 42.5 Å². The number of cyclic esters (lactones) is 1. The van der Waals surface area contributed by atoms with E-state index < -0.39 is 29.6 Å². The van der Waals surface area contributed by atoms with Crippen LogP contribution in [-0.2, 0) is 19.1 Å². The lowest BCUT2D eigenvalue weighted by Gasteiger charge is -2.10. The van der Waals surface area contributed by atoms with Crippen LogP contribution in [0.15, 0.2) is 42.5 Å². The van der Waals surface area contributed by atoms with Crippen molar-refractivity contribution < 1.29 is 23.9 Å². The van der Waals surface area contributed by atoms with E-state index >= 15 is 0 Å². The van der Waals surface area contributed by atoms with Crippen molar-refractivity contribution in [1.82, 2.24) is 0 Å². The first-order valence-electron chi connectivity index (χ1n) is 8.35. The van der Waals surface area contributed by atoms with Crippen LogP contribution in [-0.4, -0.2) is 30.2 Å². The summed E-state index contributed by atoms with van der Waals surface area (Å²) in [6.45, 7) is 3.52. The molecule has 2 unspecified atom stereocenters. The highest BCUT2D eigenvalue weighted by Gasteiger charge is 2.47. The second-order valence-corrected chi connectivity index (χ2v) is 6.62. The van der Waals surface area contributed by atoms with E-state index in [0.717, 1.165) is 10.8 Å². The summed E-state index contributed by atoms with van der Waals surface area (Å²) in [6, 6.07) is 13.2. The van der Waals surface area contributed by atoms with Crippen molar-refractivity contribution in [2.45, 2.75) is 26.4 Å². The normalized spacial score (nSPS) is 20.1. The van der Waals surface area contributed by atoms with Crippen molar-refractivity contribution in [3.8, 4) is 5.75 Å². The van der Waals surface area contributed by atoms with Gasteiger partial charge in [0.25, 0.3) is 0 Å².